The Kier molecular flexibility index (Phi) is 2.05. The van der Waals surface area contributed by atoms with Crippen LogP contribution in [0.5, 0.6) is 0 Å². The minimum Gasteiger partial charge on any atom is -0.147 e. The smallest absolute Gasteiger partial charge is 0.0386 e. The summed E-state index contributed by atoms with van der Waals surface area (Å²) >= 11 is 0. The Morgan fingerprint density at radius 1 is 1.11 bits per heavy atom. The molecule has 3 unspecified atom stereocenters. The highest BCUT2D eigenvalue weighted by Crippen LogP contribution is 2.47. The number of fused-ring (bicyclic) bond motifs is 2. The van der Waals surface area contributed by atoms with Crippen LogP contribution >= 0.6 is 12.4 Å². The standard InChI is InChI=1S/C8H14.ClH/c1-6-4-7-2-3-8(6)5-7;/h6-8H,2-5H2,1H3;1H. The van der Waals surface area contributed by atoms with Gasteiger partial charge in [0.15, 0.2) is 0 Å². The first-order valence-corrected chi connectivity index (χ1v) is 3.86. The second-order valence-electron chi connectivity index (χ2n) is 3.65. The quantitative estimate of drug-likeness (QED) is 0.493. The number of rotatable bonds is 0. The average Bonchev–Trinajstić information content (AvgIpc) is 2.23. The Balaban J connectivity index is 0.000000405. The zero-order chi connectivity index (χ0) is 5.56. The van der Waals surface area contributed by atoms with Gasteiger partial charge >= 0.3 is 0 Å². The first-order chi connectivity index (χ1) is 3.86. The minimum atomic E-state index is 0. The first-order valence-electron chi connectivity index (χ1n) is 3.86. The molecule has 1 heteroatoms. The molecule has 0 aromatic carbocycles. The van der Waals surface area contributed by atoms with E-state index in [1.54, 1.807) is 25.7 Å². The Hall–Kier alpha value is 0.290. The van der Waals surface area contributed by atoms with Crippen LogP contribution in [-0.4, -0.2) is 0 Å². The van der Waals surface area contributed by atoms with E-state index in [-0.39, 0.29) is 12.4 Å². The summed E-state index contributed by atoms with van der Waals surface area (Å²) < 4.78 is 0. The molecule has 0 aromatic rings. The van der Waals surface area contributed by atoms with E-state index in [1.165, 1.54) is 0 Å². The van der Waals surface area contributed by atoms with Crippen LogP contribution in [0.1, 0.15) is 32.6 Å². The van der Waals surface area contributed by atoms with Crippen LogP contribution in [0, 0.1) is 17.8 Å². The SMILES string of the molecule is CC1CC2CCC1C2.Cl. The van der Waals surface area contributed by atoms with Crippen molar-refractivity contribution in [1.82, 2.24) is 0 Å². The van der Waals surface area contributed by atoms with Crippen LogP contribution in [-0.2, 0) is 0 Å². The van der Waals surface area contributed by atoms with Crippen molar-refractivity contribution in [1.29, 1.82) is 0 Å². The van der Waals surface area contributed by atoms with E-state index < -0.39 is 0 Å². The van der Waals surface area contributed by atoms with Crippen LogP contribution in [0.3, 0.4) is 0 Å². The lowest BCUT2D eigenvalue weighted by atomic mass is 9.91. The third-order valence-electron chi connectivity index (χ3n) is 3.09. The van der Waals surface area contributed by atoms with Crippen molar-refractivity contribution in [3.05, 3.63) is 0 Å². The number of halogens is 1. The Labute approximate surface area is 63.4 Å². The molecule has 54 valence electrons. The summed E-state index contributed by atoms with van der Waals surface area (Å²) in [4.78, 5) is 0. The summed E-state index contributed by atoms with van der Waals surface area (Å²) in [6.45, 7) is 2.42. The van der Waals surface area contributed by atoms with Crippen molar-refractivity contribution < 1.29 is 0 Å². The van der Waals surface area contributed by atoms with Crippen molar-refractivity contribution in [2.75, 3.05) is 0 Å². The lowest BCUT2D eigenvalue weighted by molar-refractivity contribution is 0.360. The van der Waals surface area contributed by atoms with E-state index in [2.05, 4.69) is 6.92 Å². The van der Waals surface area contributed by atoms with Gasteiger partial charge in [-0.2, -0.15) is 0 Å². The highest BCUT2D eigenvalue weighted by molar-refractivity contribution is 5.85. The Morgan fingerprint density at radius 2 is 1.89 bits per heavy atom. The average molecular weight is 147 g/mol. The van der Waals surface area contributed by atoms with Crippen molar-refractivity contribution in [3.63, 3.8) is 0 Å². The fourth-order valence-electron chi connectivity index (χ4n) is 2.56. The molecule has 0 heterocycles. The Bertz CT molecular complexity index is 98.7. The maximum absolute atomic E-state index is 2.42. The topological polar surface area (TPSA) is 0 Å². The van der Waals surface area contributed by atoms with Gasteiger partial charge in [-0.15, -0.1) is 12.4 Å². The predicted octanol–water partition coefficient (Wildman–Crippen LogP) is 2.86. The summed E-state index contributed by atoms with van der Waals surface area (Å²) in [7, 11) is 0. The molecular formula is C8H15Cl. The van der Waals surface area contributed by atoms with Crippen LogP contribution in [0.2, 0.25) is 0 Å². The molecule has 2 aliphatic carbocycles. The minimum absolute atomic E-state index is 0. The zero-order valence-electron chi connectivity index (χ0n) is 5.97. The molecule has 2 aliphatic rings. The van der Waals surface area contributed by atoms with E-state index in [1.807, 2.05) is 0 Å². The van der Waals surface area contributed by atoms with E-state index >= 15 is 0 Å². The van der Waals surface area contributed by atoms with Gasteiger partial charge in [0.05, 0.1) is 0 Å². The number of hydrogen-bond acceptors (Lipinski definition) is 0. The van der Waals surface area contributed by atoms with Gasteiger partial charge < -0.3 is 0 Å². The van der Waals surface area contributed by atoms with E-state index in [0.717, 1.165) is 17.8 Å². The highest BCUT2D eigenvalue weighted by Gasteiger charge is 2.36. The van der Waals surface area contributed by atoms with Gasteiger partial charge in [-0.25, -0.2) is 0 Å². The third kappa shape index (κ3) is 1.10. The molecule has 0 radical (unpaired) electrons. The Morgan fingerprint density at radius 3 is 2.11 bits per heavy atom. The fraction of sp³-hybridized carbons (Fsp3) is 1.00. The van der Waals surface area contributed by atoms with Crippen molar-refractivity contribution in [2.24, 2.45) is 17.8 Å². The normalized spacial score (nSPS) is 47.0. The summed E-state index contributed by atoms with van der Waals surface area (Å²) in [5, 5.41) is 0. The third-order valence-corrected chi connectivity index (χ3v) is 3.09. The highest BCUT2D eigenvalue weighted by atomic mass is 35.5. The monoisotopic (exact) mass is 146 g/mol. The molecule has 0 saturated heterocycles. The predicted molar refractivity (Wildman–Crippen MR) is 41.9 cm³/mol. The van der Waals surface area contributed by atoms with Crippen LogP contribution in [0.4, 0.5) is 0 Å². The largest absolute Gasteiger partial charge is 0.147 e. The van der Waals surface area contributed by atoms with Gasteiger partial charge in [0.1, 0.15) is 0 Å². The van der Waals surface area contributed by atoms with E-state index in [4.69, 9.17) is 0 Å². The summed E-state index contributed by atoms with van der Waals surface area (Å²) in [6, 6.07) is 0. The molecule has 2 fully saturated rings. The lowest BCUT2D eigenvalue weighted by Gasteiger charge is -2.15. The molecule has 2 rings (SSSR count). The molecule has 0 amide bonds. The number of hydrogen-bond donors (Lipinski definition) is 0. The lowest BCUT2D eigenvalue weighted by Crippen LogP contribution is -2.04. The first kappa shape index (κ1) is 7.40. The molecule has 2 saturated carbocycles. The van der Waals surface area contributed by atoms with Gasteiger partial charge in [-0.05, 0) is 37.0 Å². The second kappa shape index (κ2) is 2.49. The van der Waals surface area contributed by atoms with Crippen LogP contribution in [0.15, 0.2) is 0 Å². The van der Waals surface area contributed by atoms with Gasteiger partial charge in [0, 0.05) is 0 Å². The van der Waals surface area contributed by atoms with E-state index in [9.17, 15) is 0 Å². The summed E-state index contributed by atoms with van der Waals surface area (Å²) in [5.41, 5.74) is 0. The fourth-order valence-corrected chi connectivity index (χ4v) is 2.56. The molecule has 0 spiro atoms. The molecule has 0 aromatic heterocycles. The molecule has 9 heavy (non-hydrogen) atoms. The molecule has 0 aliphatic heterocycles. The van der Waals surface area contributed by atoms with E-state index in [0.29, 0.717) is 0 Å². The molecule has 0 N–H and O–H groups in total. The van der Waals surface area contributed by atoms with Gasteiger partial charge in [-0.3, -0.25) is 0 Å². The van der Waals surface area contributed by atoms with Crippen molar-refractivity contribution >= 4 is 12.4 Å². The second-order valence-corrected chi connectivity index (χ2v) is 3.65. The molecule has 3 atom stereocenters. The maximum Gasteiger partial charge on any atom is -0.0386 e. The summed E-state index contributed by atoms with van der Waals surface area (Å²) in [6.07, 6.45) is 6.21. The van der Waals surface area contributed by atoms with Crippen molar-refractivity contribution in [2.45, 2.75) is 32.6 Å². The van der Waals surface area contributed by atoms with Crippen LogP contribution in [0.25, 0.3) is 0 Å². The van der Waals surface area contributed by atoms with Crippen molar-refractivity contribution in [3.8, 4) is 0 Å². The molecule has 0 nitrogen and oxygen atoms in total. The molecular weight excluding hydrogens is 132 g/mol. The van der Waals surface area contributed by atoms with Crippen LogP contribution < -0.4 is 0 Å². The molecule has 2 bridgehead atoms. The summed E-state index contributed by atoms with van der Waals surface area (Å²) in [5.74, 6) is 3.36. The maximum atomic E-state index is 2.42. The van der Waals surface area contributed by atoms with Gasteiger partial charge in [0.2, 0.25) is 0 Å². The van der Waals surface area contributed by atoms with Gasteiger partial charge in [-0.1, -0.05) is 13.3 Å². The zero-order valence-corrected chi connectivity index (χ0v) is 6.79. The van der Waals surface area contributed by atoms with Gasteiger partial charge in [0.25, 0.3) is 0 Å².